The summed E-state index contributed by atoms with van der Waals surface area (Å²) in [7, 11) is 0. The quantitative estimate of drug-likeness (QED) is 0.847. The van der Waals surface area contributed by atoms with E-state index >= 15 is 0 Å². The highest BCUT2D eigenvalue weighted by Crippen LogP contribution is 2.35. The van der Waals surface area contributed by atoms with Crippen molar-refractivity contribution in [2.24, 2.45) is 0 Å². The molecule has 0 unspecified atom stereocenters. The fourth-order valence-electron chi connectivity index (χ4n) is 2.55. The van der Waals surface area contributed by atoms with Crippen LogP contribution < -0.4 is 4.90 Å². The molecular formula is C16H14F3N3O. The summed E-state index contributed by atoms with van der Waals surface area (Å²) in [5.41, 5.74) is 0.0103. The van der Waals surface area contributed by atoms with E-state index in [2.05, 4.69) is 4.98 Å². The lowest BCUT2D eigenvalue weighted by Gasteiger charge is -2.36. The molecule has 0 bridgehead atoms. The smallest absolute Gasteiger partial charge is 0.321 e. The zero-order valence-corrected chi connectivity index (χ0v) is 12.3. The lowest BCUT2D eigenvalue weighted by atomic mass is 10.1. The monoisotopic (exact) mass is 321 g/mol. The summed E-state index contributed by atoms with van der Waals surface area (Å²) in [5.74, 6) is 0.209. The predicted molar refractivity (Wildman–Crippen MR) is 79.4 cm³/mol. The number of hydrogen-bond acceptors (Lipinski definition) is 3. The molecule has 0 saturated heterocycles. The Morgan fingerprint density at radius 2 is 2.00 bits per heavy atom. The Kier molecular flexibility index (Phi) is 3.71. The number of aromatic nitrogens is 1. The van der Waals surface area contributed by atoms with Crippen molar-refractivity contribution < 1.29 is 18.0 Å². The molecule has 3 rings (SSSR count). The zero-order chi connectivity index (χ0) is 16.6. The Balaban J connectivity index is 2.09. The van der Waals surface area contributed by atoms with Crippen LogP contribution in [0, 0.1) is 0 Å². The minimum Gasteiger partial charge on any atom is -0.321 e. The van der Waals surface area contributed by atoms with Gasteiger partial charge in [-0.1, -0.05) is 6.07 Å². The van der Waals surface area contributed by atoms with Gasteiger partial charge in [-0.15, -0.1) is 0 Å². The van der Waals surface area contributed by atoms with Crippen LogP contribution in [0.25, 0.3) is 0 Å². The van der Waals surface area contributed by atoms with Gasteiger partial charge in [0.15, 0.2) is 0 Å². The lowest BCUT2D eigenvalue weighted by Crippen LogP contribution is -2.45. The van der Waals surface area contributed by atoms with Crippen molar-refractivity contribution in [3.05, 3.63) is 53.7 Å². The van der Waals surface area contributed by atoms with Crippen LogP contribution in [0.2, 0.25) is 0 Å². The summed E-state index contributed by atoms with van der Waals surface area (Å²) in [6, 6.07) is 8.30. The Bertz CT molecular complexity index is 745. The maximum absolute atomic E-state index is 12.9. The first-order valence-corrected chi connectivity index (χ1v) is 7.11. The highest BCUT2D eigenvalue weighted by atomic mass is 19.4. The van der Waals surface area contributed by atoms with Gasteiger partial charge in [-0.3, -0.25) is 4.79 Å². The van der Waals surface area contributed by atoms with Crippen molar-refractivity contribution >= 4 is 17.4 Å². The number of carbonyl (C=O) groups is 1. The van der Waals surface area contributed by atoms with E-state index in [4.69, 9.17) is 0 Å². The Morgan fingerprint density at radius 1 is 1.22 bits per heavy atom. The first-order chi connectivity index (χ1) is 10.9. The van der Waals surface area contributed by atoms with Gasteiger partial charge in [0.25, 0.3) is 5.91 Å². The molecule has 23 heavy (non-hydrogen) atoms. The molecule has 0 atom stereocenters. The largest absolute Gasteiger partial charge is 0.416 e. The number of rotatable bonds is 2. The summed E-state index contributed by atoms with van der Waals surface area (Å²) < 4.78 is 38.8. The van der Waals surface area contributed by atoms with Crippen LogP contribution in [0.5, 0.6) is 0 Å². The van der Waals surface area contributed by atoms with Gasteiger partial charge in [0, 0.05) is 18.4 Å². The Hall–Kier alpha value is -2.57. The Morgan fingerprint density at radius 3 is 2.70 bits per heavy atom. The third kappa shape index (κ3) is 2.74. The fourth-order valence-corrected chi connectivity index (χ4v) is 2.55. The van der Waals surface area contributed by atoms with Gasteiger partial charge in [0.1, 0.15) is 5.82 Å². The highest BCUT2D eigenvalue weighted by molar-refractivity contribution is 6.01. The fraction of sp³-hybridized carbons (Fsp3) is 0.250. The normalized spacial score (nSPS) is 14.9. The van der Waals surface area contributed by atoms with Crippen LogP contribution >= 0.6 is 0 Å². The number of nitrogens with zero attached hydrogens (tertiary/aromatic N) is 3. The van der Waals surface area contributed by atoms with E-state index in [1.165, 1.54) is 12.3 Å². The molecule has 0 radical (unpaired) electrons. The number of anilines is 2. The van der Waals surface area contributed by atoms with Gasteiger partial charge in [0.05, 0.1) is 17.8 Å². The zero-order valence-electron chi connectivity index (χ0n) is 12.3. The second kappa shape index (κ2) is 5.57. The standard InChI is InChI=1S/C16H14F3N3O/c1-2-21-10-22(14-13(15(21)23)7-4-8-20-14)12-6-3-5-11(9-12)16(17,18)19/h3-9H,2,10H2,1H3. The number of halogens is 3. The number of benzene rings is 1. The topological polar surface area (TPSA) is 36.4 Å². The first-order valence-electron chi connectivity index (χ1n) is 7.11. The van der Waals surface area contributed by atoms with Gasteiger partial charge in [-0.05, 0) is 37.3 Å². The maximum Gasteiger partial charge on any atom is 0.416 e. The molecular weight excluding hydrogens is 307 g/mol. The molecule has 1 aliphatic heterocycles. The lowest BCUT2D eigenvalue weighted by molar-refractivity contribution is -0.137. The molecule has 4 nitrogen and oxygen atoms in total. The van der Waals surface area contributed by atoms with E-state index < -0.39 is 11.7 Å². The second-order valence-electron chi connectivity index (χ2n) is 5.15. The molecule has 2 heterocycles. The van der Waals surface area contributed by atoms with E-state index in [0.29, 0.717) is 23.6 Å². The molecule has 120 valence electrons. The molecule has 7 heteroatoms. The summed E-state index contributed by atoms with van der Waals surface area (Å²) in [4.78, 5) is 19.7. The number of hydrogen-bond donors (Lipinski definition) is 0. The van der Waals surface area contributed by atoms with Crippen molar-refractivity contribution in [2.45, 2.75) is 13.1 Å². The van der Waals surface area contributed by atoms with Gasteiger partial charge >= 0.3 is 6.18 Å². The number of alkyl halides is 3. The average Bonchev–Trinajstić information content (AvgIpc) is 2.55. The van der Waals surface area contributed by atoms with Crippen molar-refractivity contribution in [3.8, 4) is 0 Å². The third-order valence-electron chi connectivity index (χ3n) is 3.74. The van der Waals surface area contributed by atoms with Crippen LogP contribution in [0.4, 0.5) is 24.7 Å². The van der Waals surface area contributed by atoms with E-state index in [1.807, 2.05) is 6.92 Å². The molecule has 0 spiro atoms. The molecule has 0 saturated carbocycles. The summed E-state index contributed by atoms with van der Waals surface area (Å²) in [5, 5.41) is 0. The molecule has 1 aromatic heterocycles. The number of carbonyl (C=O) groups excluding carboxylic acids is 1. The van der Waals surface area contributed by atoms with Crippen LogP contribution in [-0.2, 0) is 6.18 Å². The van der Waals surface area contributed by atoms with Crippen molar-refractivity contribution in [1.29, 1.82) is 0 Å². The molecule has 1 amide bonds. The predicted octanol–water partition coefficient (Wildman–Crippen LogP) is 3.67. The minimum atomic E-state index is -4.42. The van der Waals surface area contributed by atoms with Gasteiger partial charge in [-0.2, -0.15) is 13.2 Å². The average molecular weight is 321 g/mol. The van der Waals surface area contributed by atoms with E-state index in [-0.39, 0.29) is 12.6 Å². The highest BCUT2D eigenvalue weighted by Gasteiger charge is 2.33. The van der Waals surface area contributed by atoms with Crippen LogP contribution in [0.1, 0.15) is 22.8 Å². The molecule has 0 N–H and O–H groups in total. The van der Waals surface area contributed by atoms with E-state index in [9.17, 15) is 18.0 Å². The first kappa shape index (κ1) is 15.3. The van der Waals surface area contributed by atoms with Crippen LogP contribution in [-0.4, -0.2) is 29.0 Å². The molecule has 1 aromatic carbocycles. The maximum atomic E-state index is 12.9. The number of amides is 1. The number of pyridine rings is 1. The van der Waals surface area contributed by atoms with Crippen LogP contribution in [0.3, 0.4) is 0 Å². The van der Waals surface area contributed by atoms with Crippen molar-refractivity contribution in [2.75, 3.05) is 18.1 Å². The summed E-state index contributed by atoms with van der Waals surface area (Å²) >= 11 is 0. The van der Waals surface area contributed by atoms with E-state index in [1.54, 1.807) is 28.0 Å². The van der Waals surface area contributed by atoms with Gasteiger partial charge < -0.3 is 9.80 Å². The molecule has 0 aliphatic carbocycles. The van der Waals surface area contributed by atoms with Gasteiger partial charge in [-0.25, -0.2) is 4.98 Å². The third-order valence-corrected chi connectivity index (χ3v) is 3.74. The van der Waals surface area contributed by atoms with Gasteiger partial charge in [0.2, 0.25) is 0 Å². The minimum absolute atomic E-state index is 0.167. The second-order valence-corrected chi connectivity index (χ2v) is 5.15. The molecule has 1 aliphatic rings. The van der Waals surface area contributed by atoms with E-state index in [0.717, 1.165) is 12.1 Å². The summed E-state index contributed by atoms with van der Waals surface area (Å²) in [6.07, 6.45) is -2.90. The van der Waals surface area contributed by atoms with Crippen molar-refractivity contribution in [1.82, 2.24) is 9.88 Å². The SMILES string of the molecule is CCN1CN(c2cccc(C(F)(F)F)c2)c2ncccc2C1=O. The number of fused-ring (bicyclic) bond motifs is 1. The summed E-state index contributed by atoms with van der Waals surface area (Å²) in [6.45, 7) is 2.45. The van der Waals surface area contributed by atoms with Crippen LogP contribution in [0.15, 0.2) is 42.6 Å². The molecule has 2 aromatic rings. The van der Waals surface area contributed by atoms with Crippen molar-refractivity contribution in [3.63, 3.8) is 0 Å². The Labute approximate surface area is 131 Å². The molecule has 0 fully saturated rings.